The van der Waals surface area contributed by atoms with E-state index < -0.39 is 0 Å². The molecular weight excluding hydrogens is 296 g/mol. The Morgan fingerprint density at radius 2 is 1.33 bits per heavy atom. The van der Waals surface area contributed by atoms with Crippen LogP contribution in [0, 0.1) is 18.8 Å². The first-order chi connectivity index (χ1) is 11.8. The van der Waals surface area contributed by atoms with Crippen LogP contribution in [0.25, 0.3) is 0 Å². The largest absolute Gasteiger partial charge is 0.481 e. The zero-order chi connectivity index (χ0) is 16.6. The molecule has 0 fully saturated rings. The molecule has 0 amide bonds. The van der Waals surface area contributed by atoms with E-state index in [2.05, 4.69) is 30.9 Å². The van der Waals surface area contributed by atoms with Crippen LogP contribution in [-0.2, 0) is 0 Å². The molecule has 0 saturated carbocycles. The van der Waals surface area contributed by atoms with Crippen molar-refractivity contribution in [2.75, 3.05) is 6.61 Å². The van der Waals surface area contributed by atoms with E-state index in [9.17, 15) is 0 Å². The number of hydrogen-bond donors (Lipinski definition) is 0. The molecule has 24 heavy (non-hydrogen) atoms. The number of hydrogen-bond acceptors (Lipinski definition) is 2. The first-order valence-corrected chi connectivity index (χ1v) is 7.81. The summed E-state index contributed by atoms with van der Waals surface area (Å²) in [4.78, 5) is 0. The van der Waals surface area contributed by atoms with Crippen molar-refractivity contribution >= 4 is 0 Å². The maximum absolute atomic E-state index is 5.74. The van der Waals surface area contributed by atoms with Crippen LogP contribution >= 0.6 is 0 Å². The van der Waals surface area contributed by atoms with E-state index in [0.717, 1.165) is 22.8 Å². The fraction of sp³-hybridized carbons (Fsp3) is 0.0909. The van der Waals surface area contributed by atoms with Crippen molar-refractivity contribution < 1.29 is 9.47 Å². The lowest BCUT2D eigenvalue weighted by Gasteiger charge is -2.06. The second-order valence-corrected chi connectivity index (χ2v) is 5.34. The summed E-state index contributed by atoms with van der Waals surface area (Å²) in [6.45, 7) is 2.41. The molecule has 0 bridgehead atoms. The average Bonchev–Trinajstić information content (AvgIpc) is 2.62. The standard InChI is InChI=1S/C22H18O2/c1-18-9-11-19(12-10-18)6-5-17-23-20-13-15-22(16-14-20)24-21-7-3-2-4-8-21/h2-4,7-16H,17H2,1H3. The van der Waals surface area contributed by atoms with Crippen LogP contribution in [0.5, 0.6) is 17.2 Å². The Bertz CT molecular complexity index is 823. The first-order valence-electron chi connectivity index (χ1n) is 7.81. The van der Waals surface area contributed by atoms with Crippen molar-refractivity contribution in [3.05, 3.63) is 90.0 Å². The molecule has 0 N–H and O–H groups in total. The third kappa shape index (κ3) is 4.66. The third-order valence-corrected chi connectivity index (χ3v) is 3.40. The normalized spacial score (nSPS) is 9.71. The molecule has 0 aliphatic heterocycles. The molecule has 0 aromatic heterocycles. The van der Waals surface area contributed by atoms with Crippen LogP contribution in [0.4, 0.5) is 0 Å². The molecule has 2 nitrogen and oxygen atoms in total. The Morgan fingerprint density at radius 3 is 2.04 bits per heavy atom. The highest BCUT2D eigenvalue weighted by molar-refractivity contribution is 5.37. The minimum absolute atomic E-state index is 0.354. The van der Waals surface area contributed by atoms with Crippen molar-refractivity contribution in [2.24, 2.45) is 0 Å². The van der Waals surface area contributed by atoms with Gasteiger partial charge < -0.3 is 9.47 Å². The van der Waals surface area contributed by atoms with Crippen LogP contribution in [0.2, 0.25) is 0 Å². The summed E-state index contributed by atoms with van der Waals surface area (Å²) >= 11 is 0. The lowest BCUT2D eigenvalue weighted by Crippen LogP contribution is -1.94. The Morgan fingerprint density at radius 1 is 0.708 bits per heavy atom. The molecule has 0 aliphatic carbocycles. The van der Waals surface area contributed by atoms with E-state index in [4.69, 9.17) is 9.47 Å². The van der Waals surface area contributed by atoms with Crippen molar-refractivity contribution in [3.8, 4) is 29.1 Å². The van der Waals surface area contributed by atoms with E-state index in [1.54, 1.807) is 0 Å². The van der Waals surface area contributed by atoms with Gasteiger partial charge in [-0.25, -0.2) is 0 Å². The molecule has 0 heterocycles. The molecule has 3 aromatic rings. The first kappa shape index (κ1) is 15.7. The van der Waals surface area contributed by atoms with Gasteiger partial charge in [-0.1, -0.05) is 47.7 Å². The summed E-state index contributed by atoms with van der Waals surface area (Å²) in [7, 11) is 0. The lowest BCUT2D eigenvalue weighted by molar-refractivity contribution is 0.369. The Balaban J connectivity index is 1.52. The zero-order valence-electron chi connectivity index (χ0n) is 13.5. The minimum Gasteiger partial charge on any atom is -0.481 e. The van der Waals surface area contributed by atoms with Gasteiger partial charge in [-0.15, -0.1) is 0 Å². The van der Waals surface area contributed by atoms with Gasteiger partial charge in [0, 0.05) is 5.56 Å². The lowest BCUT2D eigenvalue weighted by atomic mass is 10.2. The monoisotopic (exact) mass is 314 g/mol. The minimum atomic E-state index is 0.354. The molecule has 2 heteroatoms. The molecular formula is C22H18O2. The van der Waals surface area contributed by atoms with Gasteiger partial charge in [-0.3, -0.25) is 0 Å². The summed E-state index contributed by atoms with van der Waals surface area (Å²) in [5.41, 5.74) is 2.23. The van der Waals surface area contributed by atoms with Crippen molar-refractivity contribution in [1.29, 1.82) is 0 Å². The smallest absolute Gasteiger partial charge is 0.149 e. The molecule has 0 spiro atoms. The Kier molecular flexibility index (Phi) is 5.17. The van der Waals surface area contributed by atoms with Crippen molar-refractivity contribution in [1.82, 2.24) is 0 Å². The predicted octanol–water partition coefficient (Wildman–Crippen LogP) is 5.22. The summed E-state index contributed by atoms with van der Waals surface area (Å²) in [5.74, 6) is 8.47. The highest BCUT2D eigenvalue weighted by Gasteiger charge is 1.97. The molecule has 0 saturated heterocycles. The van der Waals surface area contributed by atoms with E-state index in [-0.39, 0.29) is 0 Å². The van der Waals surface area contributed by atoms with Gasteiger partial charge in [0.2, 0.25) is 0 Å². The maximum atomic E-state index is 5.74. The van der Waals surface area contributed by atoms with Crippen LogP contribution in [0.3, 0.4) is 0 Å². The van der Waals surface area contributed by atoms with Gasteiger partial charge in [-0.05, 0) is 55.5 Å². The maximum Gasteiger partial charge on any atom is 0.149 e. The molecule has 118 valence electrons. The summed E-state index contributed by atoms with van der Waals surface area (Å²) < 4.78 is 11.4. The Hall–Kier alpha value is -3.18. The highest BCUT2D eigenvalue weighted by Crippen LogP contribution is 2.23. The van der Waals surface area contributed by atoms with Crippen molar-refractivity contribution in [2.45, 2.75) is 6.92 Å². The van der Waals surface area contributed by atoms with Crippen LogP contribution in [0.15, 0.2) is 78.9 Å². The zero-order valence-corrected chi connectivity index (χ0v) is 13.5. The number of rotatable bonds is 4. The third-order valence-electron chi connectivity index (χ3n) is 3.40. The Labute approximate surface area is 142 Å². The number of aryl methyl sites for hydroxylation is 1. The van der Waals surface area contributed by atoms with E-state index >= 15 is 0 Å². The second-order valence-electron chi connectivity index (χ2n) is 5.34. The molecule has 0 atom stereocenters. The number of benzene rings is 3. The molecule has 0 radical (unpaired) electrons. The number of ether oxygens (including phenoxy) is 2. The molecule has 3 rings (SSSR count). The van der Waals surface area contributed by atoms with Crippen LogP contribution < -0.4 is 9.47 Å². The van der Waals surface area contributed by atoms with Gasteiger partial charge in [-0.2, -0.15) is 0 Å². The quantitative estimate of drug-likeness (QED) is 0.615. The van der Waals surface area contributed by atoms with Gasteiger partial charge in [0.15, 0.2) is 0 Å². The molecule has 0 aliphatic rings. The second kappa shape index (κ2) is 7.89. The highest BCUT2D eigenvalue weighted by atomic mass is 16.5. The van der Waals surface area contributed by atoms with Gasteiger partial charge in [0.05, 0.1) is 0 Å². The van der Waals surface area contributed by atoms with Crippen LogP contribution in [-0.4, -0.2) is 6.61 Å². The van der Waals surface area contributed by atoms with E-state index in [0.29, 0.717) is 6.61 Å². The summed E-state index contributed by atoms with van der Waals surface area (Å²) in [5, 5.41) is 0. The van der Waals surface area contributed by atoms with Gasteiger partial charge in [0.25, 0.3) is 0 Å². The summed E-state index contributed by atoms with van der Waals surface area (Å²) in [6.07, 6.45) is 0. The summed E-state index contributed by atoms with van der Waals surface area (Å²) in [6, 6.07) is 25.3. The SMILES string of the molecule is Cc1ccc(C#CCOc2ccc(Oc3ccccc3)cc2)cc1. The van der Waals surface area contributed by atoms with Gasteiger partial charge >= 0.3 is 0 Å². The fourth-order valence-electron chi connectivity index (χ4n) is 2.12. The molecule has 3 aromatic carbocycles. The van der Waals surface area contributed by atoms with Crippen LogP contribution in [0.1, 0.15) is 11.1 Å². The fourth-order valence-corrected chi connectivity index (χ4v) is 2.12. The topological polar surface area (TPSA) is 18.5 Å². The number of para-hydroxylation sites is 1. The predicted molar refractivity (Wildman–Crippen MR) is 96.5 cm³/mol. The average molecular weight is 314 g/mol. The van der Waals surface area contributed by atoms with E-state index in [1.807, 2.05) is 66.7 Å². The van der Waals surface area contributed by atoms with E-state index in [1.165, 1.54) is 5.56 Å². The van der Waals surface area contributed by atoms with Crippen molar-refractivity contribution in [3.63, 3.8) is 0 Å². The molecule has 0 unspecified atom stereocenters. The van der Waals surface area contributed by atoms with Gasteiger partial charge in [0.1, 0.15) is 23.9 Å².